The molecule has 0 amide bonds. The van der Waals surface area contributed by atoms with Gasteiger partial charge in [-0.1, -0.05) is 25.0 Å². The molecule has 4 aromatic heterocycles. The van der Waals surface area contributed by atoms with Gasteiger partial charge in [0.05, 0.1) is 29.6 Å². The van der Waals surface area contributed by atoms with Crippen molar-refractivity contribution >= 4 is 33.7 Å². The van der Waals surface area contributed by atoms with Crippen molar-refractivity contribution in [3.8, 4) is 0 Å². The van der Waals surface area contributed by atoms with E-state index in [9.17, 15) is 14.7 Å². The number of aromatic nitrogens is 4. The number of H-pyrrole nitrogens is 1. The maximum Gasteiger partial charge on any atom is 0.339 e. The lowest BCUT2D eigenvalue weighted by Gasteiger charge is -2.12. The minimum Gasteiger partial charge on any atom is -0.478 e. The summed E-state index contributed by atoms with van der Waals surface area (Å²) in [6.07, 6.45) is 19.2. The maximum absolute atomic E-state index is 12.1. The predicted octanol–water partition coefficient (Wildman–Crippen LogP) is 9.21. The van der Waals surface area contributed by atoms with E-state index in [2.05, 4.69) is 68.2 Å². The minimum absolute atomic E-state index is 0.308. The van der Waals surface area contributed by atoms with Gasteiger partial charge in [0.2, 0.25) is 0 Å². The third kappa shape index (κ3) is 7.46. The van der Waals surface area contributed by atoms with E-state index in [0.29, 0.717) is 41.5 Å². The number of benzene rings is 2. The summed E-state index contributed by atoms with van der Waals surface area (Å²) >= 11 is 0. The normalized spacial score (nSPS) is 15.9. The van der Waals surface area contributed by atoms with E-state index < -0.39 is 5.97 Å². The Morgan fingerprint density at radius 1 is 0.784 bits per heavy atom. The quantitative estimate of drug-likeness (QED) is 0.140. The van der Waals surface area contributed by atoms with E-state index in [1.165, 1.54) is 56.5 Å². The summed E-state index contributed by atoms with van der Waals surface area (Å²) in [5.41, 5.74) is 9.21. The fourth-order valence-corrected chi connectivity index (χ4v) is 7.64. The summed E-state index contributed by atoms with van der Waals surface area (Å²) < 4.78 is 7.32. The van der Waals surface area contributed by atoms with E-state index >= 15 is 0 Å². The third-order valence-corrected chi connectivity index (χ3v) is 10.8. The van der Waals surface area contributed by atoms with Crippen LogP contribution in [0.15, 0.2) is 85.5 Å². The van der Waals surface area contributed by atoms with Crippen molar-refractivity contribution < 1.29 is 19.4 Å². The number of methoxy groups -OCH3 is 1. The van der Waals surface area contributed by atoms with Gasteiger partial charge in [-0.05, 0) is 138 Å². The second-order valence-corrected chi connectivity index (χ2v) is 14.6. The number of nitrogens with zero attached hydrogens (tertiary/aromatic N) is 3. The van der Waals surface area contributed by atoms with Crippen molar-refractivity contribution in [2.75, 3.05) is 7.11 Å². The molecule has 3 fully saturated rings. The molecule has 2 aromatic carbocycles. The van der Waals surface area contributed by atoms with Crippen LogP contribution in [0.1, 0.15) is 118 Å². The minimum atomic E-state index is -0.881. The number of ether oxygens (including phenoxy) is 1. The number of fused-ring (bicyclic) bond motifs is 2. The van der Waals surface area contributed by atoms with Gasteiger partial charge in [0, 0.05) is 55.2 Å². The van der Waals surface area contributed by atoms with Gasteiger partial charge in [-0.25, -0.2) is 9.59 Å². The first kappa shape index (κ1) is 32.9. The number of hydrogen-bond donors (Lipinski definition) is 2. The highest BCUT2D eigenvalue weighted by Gasteiger charge is 2.27. The Kier molecular flexibility index (Phi) is 9.15. The van der Waals surface area contributed by atoms with E-state index in [1.807, 2.05) is 36.8 Å². The van der Waals surface area contributed by atoms with Crippen LogP contribution >= 0.6 is 0 Å². The molecule has 2 N–H and O–H groups in total. The predicted molar refractivity (Wildman–Crippen MR) is 199 cm³/mol. The molecule has 0 saturated heterocycles. The highest BCUT2D eigenvalue weighted by atomic mass is 16.5. The molecule has 3 aliphatic carbocycles. The Morgan fingerprint density at radius 2 is 1.41 bits per heavy atom. The Hall–Kier alpha value is -5.24. The molecule has 8 nitrogen and oxygen atoms in total. The van der Waals surface area contributed by atoms with Gasteiger partial charge >= 0.3 is 11.9 Å². The standard InChI is InChI=1S/C24H26N2O2.C19H18N2O2/c27-24(28)21-13-20(18-6-7-18)14-25-22(21)12-17-5-8-23-19(11-17)9-10-26(23)15-16-3-1-2-4-16;1-23-19(22)16-10-15(13-3-4-13)11-21-18(16)9-12-2-5-17-14(8-12)6-7-20-17/h5,8-11,13-14,16,18H,1-4,6-7,12,15H2,(H,27,28);2,5-8,10-11,13,20H,3-4,9H2,1H3. The maximum atomic E-state index is 12.1. The van der Waals surface area contributed by atoms with Crippen LogP contribution in [-0.4, -0.2) is 43.7 Å². The number of aromatic carboxylic acids is 1. The van der Waals surface area contributed by atoms with Crippen molar-refractivity contribution in [3.63, 3.8) is 0 Å². The topological polar surface area (TPSA) is 110 Å². The molecule has 3 aliphatic rings. The molecule has 3 saturated carbocycles. The summed E-state index contributed by atoms with van der Waals surface area (Å²) in [7, 11) is 1.42. The van der Waals surface area contributed by atoms with Gasteiger partial charge in [-0.15, -0.1) is 0 Å². The van der Waals surface area contributed by atoms with Gasteiger partial charge in [0.15, 0.2) is 0 Å². The lowest BCUT2D eigenvalue weighted by Crippen LogP contribution is -2.09. The summed E-state index contributed by atoms with van der Waals surface area (Å²) in [5, 5.41) is 12.0. The molecule has 4 heterocycles. The second kappa shape index (κ2) is 14.2. The molecule has 0 atom stereocenters. The molecule has 0 bridgehead atoms. The first-order valence-corrected chi connectivity index (χ1v) is 18.3. The van der Waals surface area contributed by atoms with Gasteiger partial charge in [-0.3, -0.25) is 9.97 Å². The zero-order chi connectivity index (χ0) is 34.9. The number of aromatic amines is 1. The summed E-state index contributed by atoms with van der Waals surface area (Å²) in [6.45, 7) is 1.11. The van der Waals surface area contributed by atoms with E-state index in [-0.39, 0.29) is 5.97 Å². The zero-order valence-corrected chi connectivity index (χ0v) is 29.1. The van der Waals surface area contributed by atoms with Crippen LogP contribution < -0.4 is 0 Å². The monoisotopic (exact) mass is 680 g/mol. The van der Waals surface area contributed by atoms with Crippen molar-refractivity contribution in [3.05, 3.63) is 130 Å². The molecule has 51 heavy (non-hydrogen) atoms. The third-order valence-electron chi connectivity index (χ3n) is 10.8. The molecular weight excluding hydrogens is 636 g/mol. The fourth-order valence-electron chi connectivity index (χ4n) is 7.64. The van der Waals surface area contributed by atoms with Crippen LogP contribution in [0.25, 0.3) is 21.8 Å². The number of pyridine rings is 2. The smallest absolute Gasteiger partial charge is 0.339 e. The Bertz CT molecular complexity index is 2220. The highest BCUT2D eigenvalue weighted by Crippen LogP contribution is 2.41. The number of carbonyl (C=O) groups excluding carboxylic acids is 1. The molecule has 260 valence electrons. The van der Waals surface area contributed by atoms with Crippen LogP contribution in [0, 0.1) is 5.92 Å². The largest absolute Gasteiger partial charge is 0.478 e. The lowest BCUT2D eigenvalue weighted by molar-refractivity contribution is 0.0598. The van der Waals surface area contributed by atoms with E-state index in [0.717, 1.165) is 64.2 Å². The van der Waals surface area contributed by atoms with Crippen molar-refractivity contribution in [1.29, 1.82) is 0 Å². The zero-order valence-electron chi connectivity index (χ0n) is 29.1. The average Bonchev–Trinajstić information content (AvgIpc) is 4.04. The number of hydrogen-bond acceptors (Lipinski definition) is 5. The van der Waals surface area contributed by atoms with Crippen LogP contribution in [0.3, 0.4) is 0 Å². The SMILES string of the molecule is COC(=O)c1cc(C2CC2)cnc1Cc1ccc2[nH]ccc2c1.O=C(O)c1cc(C2CC2)cnc1Cc1ccc2c(ccn2CC2CCCC2)c1. The fraction of sp³-hybridized carbons (Fsp3) is 0.349. The number of esters is 1. The first-order chi connectivity index (χ1) is 24.9. The molecule has 0 aliphatic heterocycles. The molecule has 8 heteroatoms. The first-order valence-electron chi connectivity index (χ1n) is 18.3. The molecule has 0 radical (unpaired) electrons. The Balaban J connectivity index is 0.000000150. The number of carbonyl (C=O) groups is 2. The Morgan fingerprint density at radius 3 is 2.06 bits per heavy atom. The molecule has 0 unspecified atom stereocenters. The number of carboxylic acid groups (broad SMARTS) is 1. The number of carboxylic acids is 1. The van der Waals surface area contributed by atoms with E-state index in [4.69, 9.17) is 4.74 Å². The van der Waals surface area contributed by atoms with Gasteiger partial charge in [0.25, 0.3) is 0 Å². The highest BCUT2D eigenvalue weighted by molar-refractivity contribution is 5.91. The van der Waals surface area contributed by atoms with Crippen LogP contribution in [0.5, 0.6) is 0 Å². The summed E-state index contributed by atoms with van der Waals surface area (Å²) in [5.74, 6) is 0.695. The summed E-state index contributed by atoms with van der Waals surface area (Å²) in [4.78, 5) is 36.1. The van der Waals surface area contributed by atoms with Gasteiger partial charge < -0.3 is 19.4 Å². The van der Waals surface area contributed by atoms with Gasteiger partial charge in [0.1, 0.15) is 0 Å². The van der Waals surface area contributed by atoms with Crippen molar-refractivity contribution in [2.24, 2.45) is 5.92 Å². The molecular formula is C43H44N4O4. The van der Waals surface area contributed by atoms with E-state index in [1.54, 1.807) is 0 Å². The van der Waals surface area contributed by atoms with Crippen molar-refractivity contribution in [2.45, 2.75) is 82.6 Å². The molecule has 6 aromatic rings. The number of nitrogens with one attached hydrogen (secondary N) is 1. The summed E-state index contributed by atoms with van der Waals surface area (Å²) in [6, 6.07) is 20.7. The number of rotatable bonds is 10. The molecule has 0 spiro atoms. The average molecular weight is 681 g/mol. The van der Waals surface area contributed by atoms with Gasteiger partial charge in [-0.2, -0.15) is 0 Å². The Labute approximate surface area is 297 Å². The van der Waals surface area contributed by atoms with Crippen LogP contribution in [-0.2, 0) is 24.1 Å². The van der Waals surface area contributed by atoms with Crippen LogP contribution in [0.4, 0.5) is 0 Å². The second-order valence-electron chi connectivity index (χ2n) is 14.6. The molecule has 9 rings (SSSR count). The van der Waals surface area contributed by atoms with Crippen LogP contribution in [0.2, 0.25) is 0 Å². The van der Waals surface area contributed by atoms with Crippen molar-refractivity contribution in [1.82, 2.24) is 19.5 Å². The lowest BCUT2D eigenvalue weighted by atomic mass is 10.0.